The van der Waals surface area contributed by atoms with Crippen LogP contribution in [0.1, 0.15) is 52.4 Å². The van der Waals surface area contributed by atoms with E-state index in [1.165, 1.54) is 25.7 Å². The molecule has 0 bridgehead atoms. The normalized spacial score (nSPS) is 15.4. The van der Waals surface area contributed by atoms with E-state index in [-0.39, 0.29) is 18.5 Å². The lowest BCUT2D eigenvalue weighted by atomic mass is 10.2. The van der Waals surface area contributed by atoms with Crippen LogP contribution in [0.4, 0.5) is 4.39 Å². The lowest BCUT2D eigenvalue weighted by Gasteiger charge is -2.06. The average Bonchev–Trinajstić information content (AvgIpc) is 2.62. The molecule has 17 heavy (non-hydrogen) atoms. The molecule has 2 nitrogen and oxygen atoms in total. The summed E-state index contributed by atoms with van der Waals surface area (Å²) >= 11 is 0. The molecule has 0 amide bonds. The first-order valence-electron chi connectivity index (χ1n) is 6.82. The van der Waals surface area contributed by atoms with Gasteiger partial charge >= 0.3 is 6.09 Å². The van der Waals surface area contributed by atoms with Crippen LogP contribution < -0.4 is 12.4 Å². The quantitative estimate of drug-likeness (QED) is 0.341. The van der Waals surface area contributed by atoms with Crippen molar-refractivity contribution in [3.05, 3.63) is 0 Å². The van der Waals surface area contributed by atoms with Crippen LogP contribution in [0.3, 0.4) is 0 Å². The van der Waals surface area contributed by atoms with Gasteiger partial charge < -0.3 is 12.4 Å². The van der Waals surface area contributed by atoms with Gasteiger partial charge in [0.1, 0.15) is 13.1 Å². The summed E-state index contributed by atoms with van der Waals surface area (Å²) in [4.78, 5) is 1.90. The SMILES string of the molecule is CCCCCN1CC[N+](CCCCC)=C1F.[Cl-]. The number of amidine groups is 1. The Balaban J connectivity index is 0.00000256. The standard InChI is InChI=1S/C13H26FN2.ClH/c1-3-5-7-9-15-11-12-16(13(15)14)10-8-6-4-2;/h3-12H2,1-2H3;1H/q+1;/p-1. The summed E-state index contributed by atoms with van der Waals surface area (Å²) in [5.74, 6) is 0. The average molecular weight is 265 g/mol. The Kier molecular flexibility index (Phi) is 9.52. The smallest absolute Gasteiger partial charge is 0.436 e. The molecule has 0 saturated carbocycles. The maximum Gasteiger partial charge on any atom is 0.436 e. The van der Waals surface area contributed by atoms with Crippen LogP contribution in [0.2, 0.25) is 0 Å². The Morgan fingerprint density at radius 1 is 1.12 bits per heavy atom. The number of hydrogen-bond donors (Lipinski definition) is 0. The predicted octanol–water partition coefficient (Wildman–Crippen LogP) is 0.0244. The molecule has 0 atom stereocenters. The number of unbranched alkanes of at least 4 members (excludes halogenated alkanes) is 4. The molecule has 4 heteroatoms. The molecule has 102 valence electrons. The van der Waals surface area contributed by atoms with Gasteiger partial charge in [0.05, 0.1) is 13.1 Å². The first-order valence-corrected chi connectivity index (χ1v) is 6.82. The largest absolute Gasteiger partial charge is 1.00 e. The second-order valence-corrected chi connectivity index (χ2v) is 4.66. The van der Waals surface area contributed by atoms with Crippen LogP contribution in [-0.4, -0.2) is 41.7 Å². The number of hydrogen-bond acceptors (Lipinski definition) is 1. The van der Waals surface area contributed by atoms with E-state index in [0.29, 0.717) is 0 Å². The zero-order valence-electron chi connectivity index (χ0n) is 11.2. The van der Waals surface area contributed by atoms with Gasteiger partial charge in [-0.05, 0) is 25.7 Å². The van der Waals surface area contributed by atoms with Crippen LogP contribution in [0.15, 0.2) is 0 Å². The van der Waals surface area contributed by atoms with E-state index in [1.807, 2.05) is 9.48 Å². The van der Waals surface area contributed by atoms with E-state index in [1.54, 1.807) is 0 Å². The topological polar surface area (TPSA) is 6.25 Å². The monoisotopic (exact) mass is 264 g/mol. The summed E-state index contributed by atoms with van der Waals surface area (Å²) in [6.07, 6.45) is 7.08. The van der Waals surface area contributed by atoms with Crippen molar-refractivity contribution in [3.63, 3.8) is 0 Å². The fourth-order valence-corrected chi connectivity index (χ4v) is 2.14. The summed E-state index contributed by atoms with van der Waals surface area (Å²) in [7, 11) is 0. The van der Waals surface area contributed by atoms with Crippen molar-refractivity contribution in [1.29, 1.82) is 0 Å². The van der Waals surface area contributed by atoms with Crippen molar-refractivity contribution < 1.29 is 21.4 Å². The second-order valence-electron chi connectivity index (χ2n) is 4.66. The van der Waals surface area contributed by atoms with Crippen molar-refractivity contribution in [2.75, 3.05) is 26.2 Å². The third-order valence-corrected chi connectivity index (χ3v) is 3.22. The fraction of sp³-hybridized carbons (Fsp3) is 0.923. The Morgan fingerprint density at radius 2 is 1.76 bits per heavy atom. The lowest BCUT2D eigenvalue weighted by molar-refractivity contribution is -0.523. The molecular formula is C13H26ClFN2. The Hall–Kier alpha value is -0.310. The van der Waals surface area contributed by atoms with Crippen LogP contribution in [-0.2, 0) is 0 Å². The zero-order chi connectivity index (χ0) is 11.8. The fourth-order valence-electron chi connectivity index (χ4n) is 2.14. The first kappa shape index (κ1) is 16.7. The number of nitrogens with zero attached hydrogens (tertiary/aromatic N) is 2. The zero-order valence-corrected chi connectivity index (χ0v) is 12.0. The molecule has 1 heterocycles. The van der Waals surface area contributed by atoms with E-state index in [2.05, 4.69) is 13.8 Å². The van der Waals surface area contributed by atoms with Crippen LogP contribution in [0.25, 0.3) is 0 Å². The van der Waals surface area contributed by atoms with Crippen LogP contribution in [0.5, 0.6) is 0 Å². The number of rotatable bonds is 8. The molecule has 0 aliphatic carbocycles. The Morgan fingerprint density at radius 3 is 2.41 bits per heavy atom. The molecule has 0 aromatic carbocycles. The van der Waals surface area contributed by atoms with Gasteiger partial charge in [-0.25, -0.2) is 9.48 Å². The molecule has 1 aliphatic heterocycles. The maximum atomic E-state index is 13.9. The Bertz CT molecular complexity index is 231. The summed E-state index contributed by atoms with van der Waals surface area (Å²) in [5, 5.41) is 0. The van der Waals surface area contributed by atoms with Gasteiger partial charge in [0, 0.05) is 0 Å². The minimum atomic E-state index is 0. The van der Waals surface area contributed by atoms with Crippen molar-refractivity contribution in [3.8, 4) is 0 Å². The van der Waals surface area contributed by atoms with E-state index >= 15 is 0 Å². The molecule has 1 aliphatic rings. The lowest BCUT2D eigenvalue weighted by Crippen LogP contribution is -3.00. The maximum absolute atomic E-state index is 13.9. The molecule has 0 N–H and O–H groups in total. The molecule has 0 fully saturated rings. The summed E-state index contributed by atoms with van der Waals surface area (Å²) in [6, 6.07) is 0. The van der Waals surface area contributed by atoms with Gasteiger partial charge in [-0.2, -0.15) is 0 Å². The molecule has 0 saturated heterocycles. The van der Waals surface area contributed by atoms with E-state index in [0.717, 1.165) is 39.0 Å². The molecule has 0 unspecified atom stereocenters. The van der Waals surface area contributed by atoms with Gasteiger partial charge in [0.25, 0.3) is 0 Å². The van der Waals surface area contributed by atoms with Gasteiger partial charge in [-0.1, -0.05) is 26.7 Å². The molecule has 1 rings (SSSR count). The number of halogens is 2. The highest BCUT2D eigenvalue weighted by molar-refractivity contribution is 5.68. The minimum absolute atomic E-state index is 0. The van der Waals surface area contributed by atoms with Crippen molar-refractivity contribution in [2.45, 2.75) is 52.4 Å². The highest BCUT2D eigenvalue weighted by Crippen LogP contribution is 2.07. The second kappa shape index (κ2) is 9.69. The van der Waals surface area contributed by atoms with E-state index in [4.69, 9.17) is 0 Å². The summed E-state index contributed by atoms with van der Waals surface area (Å²) in [6.45, 7) is 7.90. The van der Waals surface area contributed by atoms with Gasteiger partial charge in [-0.3, -0.25) is 0 Å². The third-order valence-electron chi connectivity index (χ3n) is 3.22. The molecule has 0 spiro atoms. The van der Waals surface area contributed by atoms with Gasteiger partial charge in [0.2, 0.25) is 0 Å². The van der Waals surface area contributed by atoms with Crippen LogP contribution >= 0.6 is 0 Å². The Labute approximate surface area is 111 Å². The van der Waals surface area contributed by atoms with Gasteiger partial charge in [-0.15, -0.1) is 4.39 Å². The predicted molar refractivity (Wildman–Crippen MR) is 66.7 cm³/mol. The summed E-state index contributed by atoms with van der Waals surface area (Å²) in [5.41, 5.74) is 0. The van der Waals surface area contributed by atoms with Crippen molar-refractivity contribution in [1.82, 2.24) is 4.90 Å². The molecule has 0 radical (unpaired) electrons. The third kappa shape index (κ3) is 5.71. The summed E-state index contributed by atoms with van der Waals surface area (Å²) < 4.78 is 15.8. The highest BCUT2D eigenvalue weighted by Gasteiger charge is 2.29. The van der Waals surface area contributed by atoms with E-state index < -0.39 is 0 Å². The van der Waals surface area contributed by atoms with Crippen LogP contribution in [0, 0.1) is 0 Å². The molecular weight excluding hydrogens is 239 g/mol. The van der Waals surface area contributed by atoms with E-state index in [9.17, 15) is 4.39 Å². The van der Waals surface area contributed by atoms with Crippen molar-refractivity contribution >= 4 is 6.09 Å². The molecule has 0 aromatic heterocycles. The minimum Gasteiger partial charge on any atom is -1.00 e. The van der Waals surface area contributed by atoms with Gasteiger partial charge in [0.15, 0.2) is 0 Å². The molecule has 0 aromatic rings. The first-order chi connectivity index (χ1) is 7.79. The van der Waals surface area contributed by atoms with Crippen molar-refractivity contribution in [2.24, 2.45) is 0 Å². The highest BCUT2D eigenvalue weighted by atomic mass is 35.5.